The first-order chi connectivity index (χ1) is 10.1. The number of halogens is 1. The van der Waals surface area contributed by atoms with E-state index in [0.717, 1.165) is 22.3 Å². The summed E-state index contributed by atoms with van der Waals surface area (Å²) in [5.74, 6) is -0.0743. The molecule has 2 rings (SSSR count). The third kappa shape index (κ3) is 3.85. The number of hydrogen-bond donors (Lipinski definition) is 2. The summed E-state index contributed by atoms with van der Waals surface area (Å²) in [7, 11) is 0. The van der Waals surface area contributed by atoms with E-state index in [4.69, 9.17) is 0 Å². The minimum atomic E-state index is -0.0743. The van der Waals surface area contributed by atoms with Gasteiger partial charge in [0.05, 0.1) is 11.6 Å². The Balaban J connectivity index is 2.17. The van der Waals surface area contributed by atoms with Crippen molar-refractivity contribution in [2.45, 2.75) is 19.9 Å². The Kier molecular flexibility index (Phi) is 5.39. The lowest BCUT2D eigenvalue weighted by Crippen LogP contribution is -2.27. The molecule has 0 saturated heterocycles. The quantitative estimate of drug-likeness (QED) is 0.843. The van der Waals surface area contributed by atoms with Gasteiger partial charge in [-0.25, -0.2) is 0 Å². The van der Waals surface area contributed by atoms with E-state index in [1.54, 1.807) is 0 Å². The lowest BCUT2D eigenvalue weighted by molar-refractivity contribution is 0.0940. The van der Waals surface area contributed by atoms with E-state index in [1.807, 2.05) is 62.4 Å². The van der Waals surface area contributed by atoms with Crippen molar-refractivity contribution in [3.63, 3.8) is 0 Å². The highest BCUT2D eigenvalue weighted by atomic mass is 79.9. The molecule has 2 N–H and O–H groups in total. The Morgan fingerprint density at radius 3 is 2.52 bits per heavy atom. The maximum atomic E-state index is 12.5. The number of hydrogen-bond acceptors (Lipinski definition) is 2. The molecular formula is C17H19BrN2O. The molecule has 0 aromatic heterocycles. The molecule has 2 aromatic rings. The molecule has 2 aromatic carbocycles. The third-order valence-corrected chi connectivity index (χ3v) is 3.98. The number of nitrogens with one attached hydrogen (secondary N) is 2. The van der Waals surface area contributed by atoms with Crippen LogP contribution in [0, 0.1) is 0 Å². The number of benzene rings is 2. The summed E-state index contributed by atoms with van der Waals surface area (Å²) >= 11 is 3.52. The molecule has 0 fully saturated rings. The minimum absolute atomic E-state index is 0.0669. The smallest absolute Gasteiger partial charge is 0.253 e. The second kappa shape index (κ2) is 7.27. The van der Waals surface area contributed by atoms with Gasteiger partial charge in [-0.05, 0) is 37.6 Å². The Labute approximate surface area is 133 Å². The van der Waals surface area contributed by atoms with Gasteiger partial charge in [-0.1, -0.05) is 46.3 Å². The second-order valence-corrected chi connectivity index (χ2v) is 5.65. The highest BCUT2D eigenvalue weighted by molar-refractivity contribution is 9.10. The van der Waals surface area contributed by atoms with Crippen molar-refractivity contribution in [3.8, 4) is 0 Å². The fourth-order valence-electron chi connectivity index (χ4n) is 2.20. The number of anilines is 1. The first-order valence-corrected chi connectivity index (χ1v) is 7.81. The predicted octanol–water partition coefficient (Wildman–Crippen LogP) is 4.37. The predicted molar refractivity (Wildman–Crippen MR) is 90.6 cm³/mol. The standard InChI is InChI=1S/C17H19BrN2O/c1-3-19-16-11-7-5-9-14(16)17(21)20-12(2)13-8-4-6-10-15(13)18/h4-12,19H,3H2,1-2H3,(H,20,21)/t12-/m1/s1. The lowest BCUT2D eigenvalue weighted by atomic mass is 10.1. The molecule has 0 bridgehead atoms. The van der Waals surface area contributed by atoms with Crippen molar-refractivity contribution in [3.05, 3.63) is 64.1 Å². The van der Waals surface area contributed by atoms with Crippen LogP contribution in [0.1, 0.15) is 35.8 Å². The van der Waals surface area contributed by atoms with E-state index >= 15 is 0 Å². The Morgan fingerprint density at radius 1 is 1.14 bits per heavy atom. The molecule has 0 saturated carbocycles. The van der Waals surface area contributed by atoms with Gasteiger partial charge in [0, 0.05) is 16.7 Å². The van der Waals surface area contributed by atoms with Gasteiger partial charge in [0.2, 0.25) is 0 Å². The molecule has 0 spiro atoms. The van der Waals surface area contributed by atoms with Gasteiger partial charge in [0.15, 0.2) is 0 Å². The van der Waals surface area contributed by atoms with Crippen LogP contribution in [0.2, 0.25) is 0 Å². The van der Waals surface area contributed by atoms with Crippen molar-refractivity contribution in [2.24, 2.45) is 0 Å². The maximum Gasteiger partial charge on any atom is 0.253 e. The Bertz CT molecular complexity index is 628. The van der Waals surface area contributed by atoms with Crippen molar-refractivity contribution >= 4 is 27.5 Å². The van der Waals surface area contributed by atoms with Gasteiger partial charge in [0.25, 0.3) is 5.91 Å². The summed E-state index contributed by atoms with van der Waals surface area (Å²) in [4.78, 5) is 12.5. The summed E-state index contributed by atoms with van der Waals surface area (Å²) in [5.41, 5.74) is 2.59. The van der Waals surface area contributed by atoms with E-state index in [1.165, 1.54) is 0 Å². The highest BCUT2D eigenvalue weighted by Gasteiger charge is 2.15. The topological polar surface area (TPSA) is 41.1 Å². The van der Waals surface area contributed by atoms with Crippen LogP contribution < -0.4 is 10.6 Å². The second-order valence-electron chi connectivity index (χ2n) is 4.79. The maximum absolute atomic E-state index is 12.5. The molecule has 0 aliphatic heterocycles. The molecule has 0 aliphatic carbocycles. The Morgan fingerprint density at radius 2 is 1.81 bits per heavy atom. The molecule has 1 atom stereocenters. The fraction of sp³-hybridized carbons (Fsp3) is 0.235. The highest BCUT2D eigenvalue weighted by Crippen LogP contribution is 2.23. The van der Waals surface area contributed by atoms with Gasteiger partial charge in [-0.3, -0.25) is 4.79 Å². The van der Waals surface area contributed by atoms with E-state index in [0.29, 0.717) is 5.56 Å². The molecule has 110 valence electrons. The van der Waals surface area contributed by atoms with E-state index < -0.39 is 0 Å². The summed E-state index contributed by atoms with van der Waals surface area (Å²) in [6.45, 7) is 4.77. The summed E-state index contributed by atoms with van der Waals surface area (Å²) < 4.78 is 0.998. The zero-order valence-corrected chi connectivity index (χ0v) is 13.8. The van der Waals surface area contributed by atoms with Crippen molar-refractivity contribution in [2.75, 3.05) is 11.9 Å². The zero-order valence-electron chi connectivity index (χ0n) is 12.2. The van der Waals surface area contributed by atoms with E-state index in [2.05, 4.69) is 26.6 Å². The molecule has 21 heavy (non-hydrogen) atoms. The van der Waals surface area contributed by atoms with Gasteiger partial charge >= 0.3 is 0 Å². The SMILES string of the molecule is CCNc1ccccc1C(=O)N[C@H](C)c1ccccc1Br. The van der Waals surface area contributed by atoms with Crippen LogP contribution in [-0.4, -0.2) is 12.5 Å². The molecule has 1 amide bonds. The summed E-state index contributed by atoms with van der Waals surface area (Å²) in [5, 5.41) is 6.25. The average Bonchev–Trinajstić information content (AvgIpc) is 2.48. The third-order valence-electron chi connectivity index (χ3n) is 3.26. The fourth-order valence-corrected chi connectivity index (χ4v) is 2.83. The van der Waals surface area contributed by atoms with Gasteiger partial charge < -0.3 is 10.6 Å². The van der Waals surface area contributed by atoms with Crippen LogP contribution in [0.3, 0.4) is 0 Å². The van der Waals surface area contributed by atoms with Crippen LogP contribution in [0.15, 0.2) is 53.0 Å². The van der Waals surface area contributed by atoms with Crippen LogP contribution >= 0.6 is 15.9 Å². The molecule has 0 radical (unpaired) electrons. The van der Waals surface area contributed by atoms with Crippen molar-refractivity contribution < 1.29 is 4.79 Å². The number of rotatable bonds is 5. The van der Waals surface area contributed by atoms with Crippen molar-refractivity contribution in [1.29, 1.82) is 0 Å². The first kappa shape index (κ1) is 15.6. The van der Waals surface area contributed by atoms with Crippen LogP contribution in [-0.2, 0) is 0 Å². The molecule has 3 nitrogen and oxygen atoms in total. The summed E-state index contributed by atoms with van der Waals surface area (Å²) in [6, 6.07) is 15.4. The molecule has 0 aliphatic rings. The average molecular weight is 347 g/mol. The largest absolute Gasteiger partial charge is 0.385 e. The number of carbonyl (C=O) groups excluding carboxylic acids is 1. The molecule has 0 unspecified atom stereocenters. The summed E-state index contributed by atoms with van der Waals surface area (Å²) in [6.07, 6.45) is 0. The molecule has 4 heteroatoms. The van der Waals surface area contributed by atoms with Crippen LogP contribution in [0.5, 0.6) is 0 Å². The normalized spacial score (nSPS) is 11.8. The number of amides is 1. The number of para-hydroxylation sites is 1. The van der Waals surface area contributed by atoms with Crippen LogP contribution in [0.4, 0.5) is 5.69 Å². The first-order valence-electron chi connectivity index (χ1n) is 7.01. The van der Waals surface area contributed by atoms with E-state index in [-0.39, 0.29) is 11.9 Å². The van der Waals surface area contributed by atoms with Gasteiger partial charge in [0.1, 0.15) is 0 Å². The minimum Gasteiger partial charge on any atom is -0.385 e. The molecule has 0 heterocycles. The van der Waals surface area contributed by atoms with Crippen molar-refractivity contribution in [1.82, 2.24) is 5.32 Å². The van der Waals surface area contributed by atoms with Crippen LogP contribution in [0.25, 0.3) is 0 Å². The van der Waals surface area contributed by atoms with Gasteiger partial charge in [-0.2, -0.15) is 0 Å². The monoisotopic (exact) mass is 346 g/mol. The molecular weight excluding hydrogens is 328 g/mol. The zero-order chi connectivity index (χ0) is 15.2. The number of carbonyl (C=O) groups is 1. The Hall–Kier alpha value is -1.81. The van der Waals surface area contributed by atoms with Gasteiger partial charge in [-0.15, -0.1) is 0 Å². The van der Waals surface area contributed by atoms with E-state index in [9.17, 15) is 4.79 Å². The lowest BCUT2D eigenvalue weighted by Gasteiger charge is -2.17.